The van der Waals surface area contributed by atoms with Gasteiger partial charge in [0.25, 0.3) is 5.91 Å². The molecule has 0 aliphatic heterocycles. The zero-order valence-corrected chi connectivity index (χ0v) is 11.0. The van der Waals surface area contributed by atoms with Gasteiger partial charge in [0.1, 0.15) is 0 Å². The second kappa shape index (κ2) is 5.23. The molecule has 94 valence electrons. The highest BCUT2D eigenvalue weighted by Gasteiger charge is 2.15. The van der Waals surface area contributed by atoms with Crippen LogP contribution in [0.1, 0.15) is 21.5 Å². The molecule has 0 saturated carbocycles. The summed E-state index contributed by atoms with van der Waals surface area (Å²) in [6.07, 6.45) is 3.46. The van der Waals surface area contributed by atoms with E-state index in [1.165, 1.54) is 0 Å². The molecule has 0 saturated heterocycles. The molecule has 18 heavy (non-hydrogen) atoms. The van der Waals surface area contributed by atoms with E-state index in [2.05, 4.69) is 10.2 Å². The van der Waals surface area contributed by atoms with E-state index in [1.807, 2.05) is 13.0 Å². The van der Waals surface area contributed by atoms with E-state index in [0.717, 1.165) is 11.1 Å². The van der Waals surface area contributed by atoms with Crippen LogP contribution in [0.15, 0.2) is 30.6 Å². The summed E-state index contributed by atoms with van der Waals surface area (Å²) in [4.78, 5) is 13.8. The van der Waals surface area contributed by atoms with Gasteiger partial charge >= 0.3 is 0 Å². The third-order valence-corrected chi connectivity index (χ3v) is 2.99. The number of hydrogen-bond donors (Lipinski definition) is 1. The summed E-state index contributed by atoms with van der Waals surface area (Å²) in [5, 5.41) is 7.05. The topological polar surface area (TPSA) is 49.0 Å². The number of carbonyl (C=O) groups is 1. The maximum atomic E-state index is 12.2. The maximum Gasteiger partial charge on any atom is 0.255 e. The average Bonchev–Trinajstić information content (AvgIpc) is 2.81. The minimum Gasteiger partial charge on any atom is -0.337 e. The molecule has 0 aliphatic carbocycles. The molecule has 0 radical (unpaired) electrons. The van der Waals surface area contributed by atoms with Crippen LogP contribution in [0.3, 0.4) is 0 Å². The Kier molecular flexibility index (Phi) is 3.67. The van der Waals surface area contributed by atoms with Crippen molar-refractivity contribution >= 4 is 17.5 Å². The fraction of sp³-hybridized carbons (Fsp3) is 0.231. The van der Waals surface area contributed by atoms with Crippen LogP contribution >= 0.6 is 11.6 Å². The first kappa shape index (κ1) is 12.6. The first-order valence-electron chi connectivity index (χ1n) is 5.57. The Labute approximate surface area is 111 Å². The number of nitrogens with one attached hydrogen (secondary N) is 1. The third-order valence-electron chi connectivity index (χ3n) is 2.68. The van der Waals surface area contributed by atoms with Crippen molar-refractivity contribution in [2.24, 2.45) is 0 Å². The summed E-state index contributed by atoms with van der Waals surface area (Å²) in [7, 11) is 1.74. The fourth-order valence-electron chi connectivity index (χ4n) is 1.71. The number of benzene rings is 1. The lowest BCUT2D eigenvalue weighted by atomic mass is 10.1. The lowest BCUT2D eigenvalue weighted by Crippen LogP contribution is -2.26. The number of halogens is 1. The highest BCUT2D eigenvalue weighted by molar-refractivity contribution is 6.33. The van der Waals surface area contributed by atoms with Crippen molar-refractivity contribution < 1.29 is 4.79 Å². The molecule has 0 bridgehead atoms. The van der Waals surface area contributed by atoms with E-state index < -0.39 is 0 Å². The Balaban J connectivity index is 2.15. The molecular formula is C13H14ClN3O. The largest absolute Gasteiger partial charge is 0.337 e. The monoisotopic (exact) mass is 263 g/mol. The van der Waals surface area contributed by atoms with Gasteiger partial charge in [-0.25, -0.2) is 0 Å². The summed E-state index contributed by atoms with van der Waals surface area (Å²) in [5.41, 5.74) is 2.51. The van der Waals surface area contributed by atoms with Crippen molar-refractivity contribution in [3.63, 3.8) is 0 Å². The van der Waals surface area contributed by atoms with Crippen LogP contribution in [0.25, 0.3) is 0 Å². The molecule has 1 N–H and O–H groups in total. The van der Waals surface area contributed by atoms with Gasteiger partial charge in [0.15, 0.2) is 0 Å². The fourth-order valence-corrected chi connectivity index (χ4v) is 2.02. The average molecular weight is 264 g/mol. The first-order valence-corrected chi connectivity index (χ1v) is 5.95. The molecule has 0 aliphatic rings. The summed E-state index contributed by atoms with van der Waals surface area (Å²) in [6, 6.07) is 5.43. The molecule has 0 atom stereocenters. The minimum atomic E-state index is -0.0961. The number of aromatic nitrogens is 2. The zero-order valence-electron chi connectivity index (χ0n) is 10.3. The Bertz CT molecular complexity index is 551. The predicted molar refractivity (Wildman–Crippen MR) is 70.6 cm³/mol. The van der Waals surface area contributed by atoms with E-state index in [0.29, 0.717) is 17.1 Å². The summed E-state index contributed by atoms with van der Waals surface area (Å²) in [6.45, 7) is 2.44. The number of aromatic amines is 1. The molecule has 1 aromatic carbocycles. The smallest absolute Gasteiger partial charge is 0.255 e. The number of hydrogen-bond acceptors (Lipinski definition) is 2. The van der Waals surface area contributed by atoms with Crippen LogP contribution in [-0.2, 0) is 6.54 Å². The SMILES string of the molecule is Cc1ccc(C(=O)N(C)Cc2cn[nH]c2)c(Cl)c1. The van der Waals surface area contributed by atoms with E-state index in [4.69, 9.17) is 11.6 Å². The summed E-state index contributed by atoms with van der Waals surface area (Å²) < 4.78 is 0. The molecule has 2 rings (SSSR count). The van der Waals surface area contributed by atoms with Gasteiger partial charge in [-0.05, 0) is 24.6 Å². The van der Waals surface area contributed by atoms with Gasteiger partial charge in [0, 0.05) is 25.4 Å². The maximum absolute atomic E-state index is 12.2. The van der Waals surface area contributed by atoms with Crippen LogP contribution in [0.5, 0.6) is 0 Å². The molecule has 0 spiro atoms. The number of amides is 1. The van der Waals surface area contributed by atoms with Crippen LogP contribution in [0.2, 0.25) is 5.02 Å². The molecule has 4 nitrogen and oxygen atoms in total. The number of rotatable bonds is 3. The van der Waals surface area contributed by atoms with Gasteiger partial charge in [-0.3, -0.25) is 9.89 Å². The van der Waals surface area contributed by atoms with Crippen molar-refractivity contribution in [2.75, 3.05) is 7.05 Å². The normalized spacial score (nSPS) is 10.4. The molecule has 1 amide bonds. The Morgan fingerprint density at radius 3 is 2.89 bits per heavy atom. The third kappa shape index (κ3) is 2.71. The lowest BCUT2D eigenvalue weighted by molar-refractivity contribution is 0.0785. The Morgan fingerprint density at radius 1 is 1.50 bits per heavy atom. The van der Waals surface area contributed by atoms with Crippen molar-refractivity contribution in [3.8, 4) is 0 Å². The number of nitrogens with zero attached hydrogens (tertiary/aromatic N) is 2. The second-order valence-corrected chi connectivity index (χ2v) is 4.66. The molecule has 1 heterocycles. The zero-order chi connectivity index (χ0) is 13.1. The van der Waals surface area contributed by atoms with E-state index >= 15 is 0 Å². The number of H-pyrrole nitrogens is 1. The van der Waals surface area contributed by atoms with Gasteiger partial charge in [0.2, 0.25) is 0 Å². The van der Waals surface area contributed by atoms with Gasteiger partial charge in [0.05, 0.1) is 16.8 Å². The van der Waals surface area contributed by atoms with Crippen molar-refractivity contribution in [1.82, 2.24) is 15.1 Å². The van der Waals surface area contributed by atoms with Crippen LogP contribution < -0.4 is 0 Å². The number of carbonyl (C=O) groups excluding carboxylic acids is 1. The molecule has 2 aromatic rings. The molecule has 0 unspecified atom stereocenters. The minimum absolute atomic E-state index is 0.0961. The molecule has 0 fully saturated rings. The Hall–Kier alpha value is -1.81. The second-order valence-electron chi connectivity index (χ2n) is 4.25. The quantitative estimate of drug-likeness (QED) is 0.926. The van der Waals surface area contributed by atoms with Crippen LogP contribution in [0.4, 0.5) is 0 Å². The van der Waals surface area contributed by atoms with E-state index in [-0.39, 0.29) is 5.91 Å². The van der Waals surface area contributed by atoms with Crippen LogP contribution in [-0.4, -0.2) is 28.1 Å². The van der Waals surface area contributed by atoms with Gasteiger partial charge in [-0.15, -0.1) is 0 Å². The van der Waals surface area contributed by atoms with E-state index in [1.54, 1.807) is 36.5 Å². The molecule has 1 aromatic heterocycles. The standard InChI is InChI=1S/C13H14ClN3O/c1-9-3-4-11(12(14)5-9)13(18)17(2)8-10-6-15-16-7-10/h3-7H,8H2,1-2H3,(H,15,16). The lowest BCUT2D eigenvalue weighted by Gasteiger charge is -2.17. The van der Waals surface area contributed by atoms with E-state index in [9.17, 15) is 4.79 Å². The highest BCUT2D eigenvalue weighted by Crippen LogP contribution is 2.19. The van der Waals surface area contributed by atoms with Crippen molar-refractivity contribution in [2.45, 2.75) is 13.5 Å². The van der Waals surface area contributed by atoms with Crippen molar-refractivity contribution in [1.29, 1.82) is 0 Å². The first-order chi connectivity index (χ1) is 8.58. The predicted octanol–water partition coefficient (Wildman–Crippen LogP) is 2.64. The van der Waals surface area contributed by atoms with Crippen LogP contribution in [0, 0.1) is 6.92 Å². The van der Waals surface area contributed by atoms with Gasteiger partial charge < -0.3 is 4.90 Å². The van der Waals surface area contributed by atoms with Gasteiger partial charge in [-0.1, -0.05) is 17.7 Å². The summed E-state index contributed by atoms with van der Waals surface area (Å²) in [5.74, 6) is -0.0961. The molecular weight excluding hydrogens is 250 g/mol. The molecule has 5 heteroatoms. The summed E-state index contributed by atoms with van der Waals surface area (Å²) >= 11 is 6.08. The number of aryl methyl sites for hydroxylation is 1. The Morgan fingerprint density at radius 2 is 2.28 bits per heavy atom. The van der Waals surface area contributed by atoms with Gasteiger partial charge in [-0.2, -0.15) is 5.10 Å². The van der Waals surface area contributed by atoms with Crippen molar-refractivity contribution in [3.05, 3.63) is 52.3 Å². The highest BCUT2D eigenvalue weighted by atomic mass is 35.5.